The van der Waals surface area contributed by atoms with Gasteiger partial charge in [-0.25, -0.2) is 0 Å². The molecule has 2 aromatic rings. The van der Waals surface area contributed by atoms with Crippen molar-refractivity contribution in [2.45, 2.75) is 45.7 Å². The lowest BCUT2D eigenvalue weighted by Gasteiger charge is -2.26. The van der Waals surface area contributed by atoms with Crippen molar-refractivity contribution in [1.82, 2.24) is 10.5 Å². The van der Waals surface area contributed by atoms with Crippen LogP contribution in [0, 0.1) is 0 Å². The lowest BCUT2D eigenvalue weighted by Crippen LogP contribution is -2.31. The van der Waals surface area contributed by atoms with Crippen LogP contribution in [0.15, 0.2) is 34.9 Å². The Morgan fingerprint density at radius 1 is 1.14 bits per heavy atom. The largest absolute Gasteiger partial charge is 0.340 e. The lowest BCUT2D eigenvalue weighted by molar-refractivity contribution is 0.405. The standard InChI is InChI=1S/C18H25N3O/c1-14(2)19-13-16-17(15-9-5-3-6-10-15)20-22-18(16)21-11-7-4-8-12-21/h3,5-6,9-10,14,19H,4,7-8,11-13H2,1-2H3. The van der Waals surface area contributed by atoms with Crippen LogP contribution in [-0.4, -0.2) is 24.3 Å². The third kappa shape index (κ3) is 3.33. The molecular weight excluding hydrogens is 274 g/mol. The second-order valence-corrected chi connectivity index (χ2v) is 6.26. The SMILES string of the molecule is CC(C)NCc1c(-c2ccccc2)noc1N1CCCCC1. The fourth-order valence-corrected chi connectivity index (χ4v) is 2.93. The molecule has 2 heterocycles. The van der Waals surface area contributed by atoms with Gasteiger partial charge in [0.25, 0.3) is 0 Å². The predicted octanol–water partition coefficient (Wildman–Crippen LogP) is 3.83. The molecule has 0 bridgehead atoms. The first-order chi connectivity index (χ1) is 10.8. The number of piperidine rings is 1. The second kappa shape index (κ2) is 6.97. The van der Waals surface area contributed by atoms with Crippen LogP contribution in [0.5, 0.6) is 0 Å². The molecule has 0 saturated carbocycles. The Kier molecular flexibility index (Phi) is 4.78. The average Bonchev–Trinajstić information content (AvgIpc) is 2.98. The Balaban J connectivity index is 1.93. The van der Waals surface area contributed by atoms with Crippen LogP contribution in [0.25, 0.3) is 11.3 Å². The highest BCUT2D eigenvalue weighted by Gasteiger charge is 2.23. The van der Waals surface area contributed by atoms with E-state index in [1.54, 1.807) is 0 Å². The van der Waals surface area contributed by atoms with Crippen molar-refractivity contribution >= 4 is 5.88 Å². The first-order valence-corrected chi connectivity index (χ1v) is 8.28. The molecule has 118 valence electrons. The minimum Gasteiger partial charge on any atom is -0.340 e. The Labute approximate surface area is 132 Å². The third-order valence-corrected chi connectivity index (χ3v) is 4.14. The summed E-state index contributed by atoms with van der Waals surface area (Å²) < 4.78 is 5.76. The molecule has 3 rings (SSSR count). The smallest absolute Gasteiger partial charge is 0.232 e. The molecule has 1 aromatic carbocycles. The molecular formula is C18H25N3O. The van der Waals surface area contributed by atoms with E-state index in [1.807, 2.05) is 18.2 Å². The van der Waals surface area contributed by atoms with E-state index in [2.05, 4.69) is 41.4 Å². The molecule has 0 atom stereocenters. The summed E-state index contributed by atoms with van der Waals surface area (Å²) >= 11 is 0. The van der Waals surface area contributed by atoms with Crippen molar-refractivity contribution in [3.63, 3.8) is 0 Å². The van der Waals surface area contributed by atoms with Crippen LogP contribution in [0.4, 0.5) is 5.88 Å². The summed E-state index contributed by atoms with van der Waals surface area (Å²) in [7, 11) is 0. The van der Waals surface area contributed by atoms with Crippen LogP contribution in [0.2, 0.25) is 0 Å². The van der Waals surface area contributed by atoms with E-state index in [0.717, 1.165) is 36.8 Å². The molecule has 4 heteroatoms. The van der Waals surface area contributed by atoms with Crippen molar-refractivity contribution in [2.24, 2.45) is 0 Å². The van der Waals surface area contributed by atoms with Gasteiger partial charge in [0.15, 0.2) is 0 Å². The van der Waals surface area contributed by atoms with Gasteiger partial charge in [0.2, 0.25) is 5.88 Å². The van der Waals surface area contributed by atoms with Crippen LogP contribution >= 0.6 is 0 Å². The summed E-state index contributed by atoms with van der Waals surface area (Å²) in [5, 5.41) is 7.89. The number of rotatable bonds is 5. The van der Waals surface area contributed by atoms with E-state index in [0.29, 0.717) is 6.04 Å². The zero-order valence-electron chi connectivity index (χ0n) is 13.5. The molecule has 0 spiro atoms. The molecule has 1 aromatic heterocycles. The van der Waals surface area contributed by atoms with Gasteiger partial charge in [0, 0.05) is 31.2 Å². The first-order valence-electron chi connectivity index (χ1n) is 8.28. The van der Waals surface area contributed by atoms with E-state index >= 15 is 0 Å². The van der Waals surface area contributed by atoms with Gasteiger partial charge < -0.3 is 14.7 Å². The second-order valence-electron chi connectivity index (χ2n) is 6.26. The van der Waals surface area contributed by atoms with E-state index in [9.17, 15) is 0 Å². The number of nitrogens with zero attached hydrogens (tertiary/aromatic N) is 2. The summed E-state index contributed by atoms with van der Waals surface area (Å²) in [4.78, 5) is 2.35. The summed E-state index contributed by atoms with van der Waals surface area (Å²) in [6.45, 7) is 7.25. The Bertz CT molecular complexity index is 586. The molecule has 22 heavy (non-hydrogen) atoms. The summed E-state index contributed by atoms with van der Waals surface area (Å²) in [5.41, 5.74) is 3.27. The molecule has 0 unspecified atom stereocenters. The van der Waals surface area contributed by atoms with Crippen LogP contribution in [-0.2, 0) is 6.54 Å². The molecule has 4 nitrogen and oxygen atoms in total. The number of benzene rings is 1. The zero-order chi connectivity index (χ0) is 15.4. The van der Waals surface area contributed by atoms with Crippen LogP contribution in [0.3, 0.4) is 0 Å². The fraction of sp³-hybridized carbons (Fsp3) is 0.500. The van der Waals surface area contributed by atoms with Gasteiger partial charge in [-0.3, -0.25) is 0 Å². The molecule has 0 aliphatic carbocycles. The summed E-state index contributed by atoms with van der Waals surface area (Å²) in [5.74, 6) is 0.951. The predicted molar refractivity (Wildman–Crippen MR) is 90.0 cm³/mol. The molecule has 1 fully saturated rings. The van der Waals surface area contributed by atoms with Crippen molar-refractivity contribution in [3.8, 4) is 11.3 Å². The number of anilines is 1. The number of aromatic nitrogens is 1. The molecule has 1 N–H and O–H groups in total. The van der Waals surface area contributed by atoms with Crippen molar-refractivity contribution in [1.29, 1.82) is 0 Å². The monoisotopic (exact) mass is 299 g/mol. The maximum Gasteiger partial charge on any atom is 0.232 e. The lowest BCUT2D eigenvalue weighted by atomic mass is 10.1. The minimum absolute atomic E-state index is 0.438. The fourth-order valence-electron chi connectivity index (χ4n) is 2.93. The summed E-state index contributed by atoms with van der Waals surface area (Å²) in [6.07, 6.45) is 3.78. The highest BCUT2D eigenvalue weighted by molar-refractivity contribution is 5.68. The zero-order valence-corrected chi connectivity index (χ0v) is 13.5. The van der Waals surface area contributed by atoms with Gasteiger partial charge in [-0.2, -0.15) is 0 Å². The highest BCUT2D eigenvalue weighted by atomic mass is 16.5. The van der Waals surface area contributed by atoms with Gasteiger partial charge >= 0.3 is 0 Å². The van der Waals surface area contributed by atoms with E-state index in [1.165, 1.54) is 24.8 Å². The van der Waals surface area contributed by atoms with Gasteiger partial charge in [0.1, 0.15) is 5.69 Å². The third-order valence-electron chi connectivity index (χ3n) is 4.14. The average molecular weight is 299 g/mol. The number of hydrogen-bond donors (Lipinski definition) is 1. The van der Waals surface area contributed by atoms with Crippen molar-refractivity contribution < 1.29 is 4.52 Å². The maximum absolute atomic E-state index is 5.76. The molecule has 1 aliphatic rings. The van der Waals surface area contributed by atoms with Crippen LogP contribution in [0.1, 0.15) is 38.7 Å². The summed E-state index contributed by atoms with van der Waals surface area (Å²) in [6, 6.07) is 10.7. The Hall–Kier alpha value is -1.81. The van der Waals surface area contributed by atoms with Gasteiger partial charge in [-0.1, -0.05) is 49.3 Å². The van der Waals surface area contributed by atoms with E-state index in [4.69, 9.17) is 4.52 Å². The Morgan fingerprint density at radius 3 is 2.55 bits per heavy atom. The van der Waals surface area contributed by atoms with Crippen molar-refractivity contribution in [2.75, 3.05) is 18.0 Å². The molecule has 1 saturated heterocycles. The van der Waals surface area contributed by atoms with E-state index in [-0.39, 0.29) is 0 Å². The number of nitrogens with one attached hydrogen (secondary N) is 1. The molecule has 0 amide bonds. The van der Waals surface area contributed by atoms with E-state index < -0.39 is 0 Å². The molecule has 0 radical (unpaired) electrons. The van der Waals surface area contributed by atoms with Gasteiger partial charge in [0.05, 0.1) is 5.56 Å². The molecule has 1 aliphatic heterocycles. The number of hydrogen-bond acceptors (Lipinski definition) is 4. The first kappa shape index (κ1) is 15.1. The normalized spacial score (nSPS) is 15.5. The van der Waals surface area contributed by atoms with Crippen LogP contribution < -0.4 is 10.2 Å². The topological polar surface area (TPSA) is 41.3 Å². The minimum atomic E-state index is 0.438. The highest BCUT2D eigenvalue weighted by Crippen LogP contribution is 2.32. The van der Waals surface area contributed by atoms with Gasteiger partial charge in [-0.05, 0) is 19.3 Å². The van der Waals surface area contributed by atoms with Gasteiger partial charge in [-0.15, -0.1) is 0 Å². The Morgan fingerprint density at radius 2 is 1.86 bits per heavy atom. The quantitative estimate of drug-likeness (QED) is 0.911. The maximum atomic E-state index is 5.76. The van der Waals surface area contributed by atoms with Crippen molar-refractivity contribution in [3.05, 3.63) is 35.9 Å².